The average molecular weight is 352 g/mol. The van der Waals surface area contributed by atoms with Gasteiger partial charge in [-0.05, 0) is 68.7 Å². The van der Waals surface area contributed by atoms with E-state index in [-0.39, 0.29) is 0 Å². The summed E-state index contributed by atoms with van der Waals surface area (Å²) in [4.78, 5) is 6.57. The molecule has 1 unspecified atom stereocenters. The van der Waals surface area contributed by atoms with E-state index in [4.69, 9.17) is 4.74 Å². The molecule has 0 aliphatic carbocycles. The molecule has 0 heterocycles. The first-order valence-corrected chi connectivity index (χ1v) is 8.77. The standard InChI is InChI=1S/C22H28N2O2/c1-7-22(5,25)18-10-9-11-19(14-18)26-21-13-16(3)20(12-17(21)4)23-15-24(6)8-2/h7,9-15,25H,1,8H2,2-6H3/b23-15+. The molecular formula is C22H28N2O2. The van der Waals surface area contributed by atoms with Gasteiger partial charge in [-0.1, -0.05) is 24.8 Å². The zero-order chi connectivity index (χ0) is 19.3. The van der Waals surface area contributed by atoms with Crippen molar-refractivity contribution in [1.29, 1.82) is 0 Å². The zero-order valence-corrected chi connectivity index (χ0v) is 16.3. The molecule has 1 atom stereocenters. The van der Waals surface area contributed by atoms with Crippen LogP contribution in [0.1, 0.15) is 30.5 Å². The fourth-order valence-electron chi connectivity index (χ4n) is 2.39. The topological polar surface area (TPSA) is 45.1 Å². The Morgan fingerprint density at radius 1 is 1.23 bits per heavy atom. The fraction of sp³-hybridized carbons (Fsp3) is 0.318. The van der Waals surface area contributed by atoms with Crippen molar-refractivity contribution in [2.75, 3.05) is 13.6 Å². The van der Waals surface area contributed by atoms with Crippen LogP contribution in [0, 0.1) is 13.8 Å². The number of hydrogen-bond donors (Lipinski definition) is 1. The molecule has 1 N–H and O–H groups in total. The zero-order valence-electron chi connectivity index (χ0n) is 16.3. The lowest BCUT2D eigenvalue weighted by molar-refractivity contribution is 0.111. The number of benzene rings is 2. The van der Waals surface area contributed by atoms with Crippen molar-refractivity contribution in [2.45, 2.75) is 33.3 Å². The number of hydrogen-bond acceptors (Lipinski definition) is 3. The molecular weight excluding hydrogens is 324 g/mol. The first-order chi connectivity index (χ1) is 12.3. The van der Waals surface area contributed by atoms with Crippen molar-refractivity contribution in [3.63, 3.8) is 0 Å². The highest BCUT2D eigenvalue weighted by Crippen LogP contribution is 2.33. The van der Waals surface area contributed by atoms with Crippen LogP contribution in [-0.2, 0) is 5.60 Å². The maximum absolute atomic E-state index is 10.4. The minimum absolute atomic E-state index is 0.675. The monoisotopic (exact) mass is 352 g/mol. The molecule has 0 radical (unpaired) electrons. The maximum Gasteiger partial charge on any atom is 0.130 e. The van der Waals surface area contributed by atoms with Crippen molar-refractivity contribution >= 4 is 12.0 Å². The van der Waals surface area contributed by atoms with Gasteiger partial charge in [-0.2, -0.15) is 0 Å². The molecule has 2 rings (SSSR count). The predicted octanol–water partition coefficient (Wildman–Crippen LogP) is 5.10. The molecule has 2 aromatic rings. The summed E-state index contributed by atoms with van der Waals surface area (Å²) in [6, 6.07) is 11.4. The van der Waals surface area contributed by atoms with E-state index in [1.54, 1.807) is 6.92 Å². The molecule has 0 spiro atoms. The van der Waals surface area contributed by atoms with Crippen molar-refractivity contribution in [3.8, 4) is 11.5 Å². The van der Waals surface area contributed by atoms with Gasteiger partial charge in [-0.25, -0.2) is 4.99 Å². The van der Waals surface area contributed by atoms with Crippen LogP contribution in [0.2, 0.25) is 0 Å². The summed E-state index contributed by atoms with van der Waals surface area (Å²) >= 11 is 0. The third-order valence-electron chi connectivity index (χ3n) is 4.43. The van der Waals surface area contributed by atoms with E-state index in [2.05, 4.69) is 18.5 Å². The highest BCUT2D eigenvalue weighted by Gasteiger charge is 2.19. The van der Waals surface area contributed by atoms with Crippen LogP contribution in [0.5, 0.6) is 11.5 Å². The lowest BCUT2D eigenvalue weighted by atomic mass is 9.96. The third-order valence-corrected chi connectivity index (χ3v) is 4.43. The number of aryl methyl sites for hydroxylation is 2. The molecule has 0 amide bonds. The largest absolute Gasteiger partial charge is 0.457 e. The molecule has 138 valence electrons. The van der Waals surface area contributed by atoms with Crippen LogP contribution in [0.15, 0.2) is 54.0 Å². The fourth-order valence-corrected chi connectivity index (χ4v) is 2.39. The lowest BCUT2D eigenvalue weighted by Crippen LogP contribution is -2.16. The Labute approximate surface area is 156 Å². The van der Waals surface area contributed by atoms with E-state index in [0.29, 0.717) is 5.75 Å². The second kappa shape index (κ2) is 8.19. The number of ether oxygens (including phenoxy) is 1. The second-order valence-electron chi connectivity index (χ2n) is 6.70. The van der Waals surface area contributed by atoms with Gasteiger partial charge in [0.05, 0.1) is 12.0 Å². The van der Waals surface area contributed by atoms with Crippen molar-refractivity contribution in [2.24, 2.45) is 4.99 Å². The van der Waals surface area contributed by atoms with Gasteiger partial charge in [0, 0.05) is 13.6 Å². The molecule has 4 nitrogen and oxygen atoms in total. The highest BCUT2D eigenvalue weighted by molar-refractivity contribution is 5.64. The van der Waals surface area contributed by atoms with Crippen LogP contribution in [0.3, 0.4) is 0 Å². The smallest absolute Gasteiger partial charge is 0.130 e. The van der Waals surface area contributed by atoms with Crippen molar-refractivity contribution in [1.82, 2.24) is 4.90 Å². The van der Waals surface area contributed by atoms with Crippen LogP contribution >= 0.6 is 0 Å². The molecule has 0 fully saturated rings. The Hall–Kier alpha value is -2.59. The van der Waals surface area contributed by atoms with Crippen LogP contribution in [0.4, 0.5) is 5.69 Å². The summed E-state index contributed by atoms with van der Waals surface area (Å²) in [7, 11) is 1.99. The Morgan fingerprint density at radius 2 is 1.96 bits per heavy atom. The minimum atomic E-state index is -1.09. The summed E-state index contributed by atoms with van der Waals surface area (Å²) in [5.41, 5.74) is 2.62. The number of aliphatic hydroxyl groups is 1. The van der Waals surface area contributed by atoms with E-state index >= 15 is 0 Å². The minimum Gasteiger partial charge on any atom is -0.457 e. The summed E-state index contributed by atoms with van der Waals surface area (Å²) in [6.45, 7) is 12.4. The molecule has 26 heavy (non-hydrogen) atoms. The lowest BCUT2D eigenvalue weighted by Gasteiger charge is -2.20. The summed E-state index contributed by atoms with van der Waals surface area (Å²) in [6.07, 6.45) is 3.35. The molecule has 0 aliphatic rings. The van der Waals surface area contributed by atoms with Crippen LogP contribution in [0.25, 0.3) is 0 Å². The number of nitrogens with zero attached hydrogens (tertiary/aromatic N) is 2. The highest BCUT2D eigenvalue weighted by atomic mass is 16.5. The van der Waals surface area contributed by atoms with E-state index in [1.807, 2.05) is 68.5 Å². The van der Waals surface area contributed by atoms with Gasteiger partial charge >= 0.3 is 0 Å². The van der Waals surface area contributed by atoms with Crippen molar-refractivity contribution in [3.05, 3.63) is 65.7 Å². The van der Waals surface area contributed by atoms with E-state index in [1.165, 1.54) is 6.08 Å². The predicted molar refractivity (Wildman–Crippen MR) is 109 cm³/mol. The Morgan fingerprint density at radius 3 is 2.62 bits per heavy atom. The number of aliphatic imine (C=N–C) groups is 1. The van der Waals surface area contributed by atoms with E-state index in [0.717, 1.165) is 34.7 Å². The first kappa shape index (κ1) is 19.7. The van der Waals surface area contributed by atoms with Gasteiger partial charge in [0.1, 0.15) is 17.1 Å². The molecule has 0 aliphatic heterocycles. The van der Waals surface area contributed by atoms with Crippen molar-refractivity contribution < 1.29 is 9.84 Å². The van der Waals surface area contributed by atoms with Gasteiger partial charge in [-0.3, -0.25) is 0 Å². The van der Waals surface area contributed by atoms with Crippen LogP contribution in [-0.4, -0.2) is 29.9 Å². The summed E-state index contributed by atoms with van der Waals surface area (Å²) < 4.78 is 6.06. The molecule has 0 aromatic heterocycles. The normalized spacial score (nSPS) is 13.5. The van der Waals surface area contributed by atoms with Gasteiger partial charge in [-0.15, -0.1) is 0 Å². The number of rotatable bonds is 7. The van der Waals surface area contributed by atoms with Gasteiger partial charge < -0.3 is 14.7 Å². The van der Waals surface area contributed by atoms with Gasteiger partial charge in [0.25, 0.3) is 0 Å². The molecule has 4 heteroatoms. The maximum atomic E-state index is 10.4. The summed E-state index contributed by atoms with van der Waals surface area (Å²) in [5, 5.41) is 10.4. The Balaban J connectivity index is 2.28. The van der Waals surface area contributed by atoms with Gasteiger partial charge in [0.15, 0.2) is 0 Å². The quantitative estimate of drug-likeness (QED) is 0.428. The van der Waals surface area contributed by atoms with Gasteiger partial charge in [0.2, 0.25) is 0 Å². The van der Waals surface area contributed by atoms with E-state index < -0.39 is 5.60 Å². The molecule has 0 saturated heterocycles. The second-order valence-corrected chi connectivity index (χ2v) is 6.70. The Bertz CT molecular complexity index is 810. The summed E-state index contributed by atoms with van der Waals surface area (Å²) in [5.74, 6) is 1.45. The molecule has 0 saturated carbocycles. The first-order valence-electron chi connectivity index (χ1n) is 8.77. The SMILES string of the molecule is C=CC(C)(O)c1cccc(Oc2cc(C)c(/N=C/N(C)CC)cc2C)c1. The Kier molecular flexibility index (Phi) is 6.22. The molecule has 0 bridgehead atoms. The van der Waals surface area contributed by atoms with Crippen LogP contribution < -0.4 is 4.74 Å². The third kappa shape index (κ3) is 4.73. The average Bonchev–Trinajstić information content (AvgIpc) is 2.63. The molecule has 2 aromatic carbocycles. The van der Waals surface area contributed by atoms with E-state index in [9.17, 15) is 5.11 Å².